The molecule has 0 aliphatic carbocycles. The van der Waals surface area contributed by atoms with E-state index in [4.69, 9.17) is 16.3 Å². The first-order valence-electron chi connectivity index (χ1n) is 7.84. The first kappa shape index (κ1) is 17.3. The van der Waals surface area contributed by atoms with Gasteiger partial charge in [-0.15, -0.1) is 0 Å². The van der Waals surface area contributed by atoms with Crippen LogP contribution in [0.25, 0.3) is 0 Å². The number of carbonyl (C=O) groups is 1. The predicted molar refractivity (Wildman–Crippen MR) is 94.7 cm³/mol. The molecule has 1 aromatic rings. The Bertz CT molecular complexity index is 715. The van der Waals surface area contributed by atoms with E-state index in [9.17, 15) is 9.18 Å². The second-order valence-corrected chi connectivity index (χ2v) is 7.02. The number of hydrogen-bond acceptors (Lipinski definition) is 5. The predicted octanol–water partition coefficient (Wildman–Crippen LogP) is 4.17. The van der Waals surface area contributed by atoms with E-state index in [0.29, 0.717) is 28.4 Å². The first-order chi connectivity index (χ1) is 11.5. The van der Waals surface area contributed by atoms with Crippen molar-refractivity contribution in [2.24, 2.45) is 4.99 Å². The van der Waals surface area contributed by atoms with Crippen molar-refractivity contribution in [3.63, 3.8) is 0 Å². The smallest absolute Gasteiger partial charge is 0.338 e. The van der Waals surface area contributed by atoms with Crippen LogP contribution in [0.5, 0.6) is 0 Å². The fourth-order valence-corrected chi connectivity index (χ4v) is 4.30. The van der Waals surface area contributed by atoms with Crippen molar-refractivity contribution >= 4 is 34.5 Å². The summed E-state index contributed by atoms with van der Waals surface area (Å²) in [6, 6.07) is 3.95. The van der Waals surface area contributed by atoms with Crippen LogP contribution in [0.4, 0.5) is 4.39 Å². The number of nitrogens with zero attached hydrogens (tertiary/aromatic N) is 2. The van der Waals surface area contributed by atoms with Crippen LogP contribution in [0, 0.1) is 5.82 Å². The zero-order chi connectivity index (χ0) is 17.3. The summed E-state index contributed by atoms with van der Waals surface area (Å²) in [7, 11) is 0. The molecule has 4 nitrogen and oxygen atoms in total. The molecule has 0 saturated carbocycles. The molecular weight excluding hydrogens is 351 g/mol. The van der Waals surface area contributed by atoms with Crippen molar-refractivity contribution in [1.29, 1.82) is 0 Å². The van der Waals surface area contributed by atoms with Gasteiger partial charge in [0.2, 0.25) is 0 Å². The summed E-state index contributed by atoms with van der Waals surface area (Å²) in [5.74, 6) is 0.0475. The average molecular weight is 369 g/mol. The largest absolute Gasteiger partial charge is 0.463 e. The first-order valence-corrected chi connectivity index (χ1v) is 9.20. The van der Waals surface area contributed by atoms with Crippen LogP contribution >= 0.6 is 23.4 Å². The highest BCUT2D eigenvalue weighted by Gasteiger charge is 2.40. The Morgan fingerprint density at radius 2 is 2.33 bits per heavy atom. The van der Waals surface area contributed by atoms with Gasteiger partial charge in [-0.05, 0) is 32.4 Å². The van der Waals surface area contributed by atoms with Gasteiger partial charge in [0, 0.05) is 22.9 Å². The van der Waals surface area contributed by atoms with Gasteiger partial charge in [-0.2, -0.15) is 0 Å². The number of halogens is 2. The number of carbonyl (C=O) groups excluding carboxylic acids is 1. The molecule has 24 heavy (non-hydrogen) atoms. The third-order valence-corrected chi connectivity index (χ3v) is 5.43. The van der Waals surface area contributed by atoms with Crippen LogP contribution in [0.2, 0.25) is 5.02 Å². The molecule has 0 N–H and O–H groups in total. The number of aliphatic imine (C=N–C) groups is 1. The van der Waals surface area contributed by atoms with Crippen LogP contribution in [0.1, 0.15) is 31.9 Å². The zero-order valence-corrected chi connectivity index (χ0v) is 15.1. The van der Waals surface area contributed by atoms with Gasteiger partial charge in [-0.1, -0.05) is 29.4 Å². The van der Waals surface area contributed by atoms with E-state index in [-0.39, 0.29) is 6.61 Å². The normalized spacial score (nSPS) is 20.6. The molecule has 0 unspecified atom stereocenters. The molecule has 0 bridgehead atoms. The van der Waals surface area contributed by atoms with Crippen LogP contribution in [-0.4, -0.2) is 34.9 Å². The van der Waals surface area contributed by atoms with Crippen LogP contribution in [0.3, 0.4) is 0 Å². The number of rotatable bonds is 3. The lowest BCUT2D eigenvalue weighted by Gasteiger charge is -2.40. The molecule has 1 saturated heterocycles. The maximum atomic E-state index is 14.6. The van der Waals surface area contributed by atoms with E-state index < -0.39 is 17.8 Å². The van der Waals surface area contributed by atoms with E-state index >= 15 is 0 Å². The summed E-state index contributed by atoms with van der Waals surface area (Å²) in [6.45, 7) is 4.44. The highest BCUT2D eigenvalue weighted by Crippen LogP contribution is 2.42. The minimum absolute atomic E-state index is 0.249. The van der Waals surface area contributed by atoms with Crippen molar-refractivity contribution in [2.75, 3.05) is 18.9 Å². The molecule has 2 aliphatic rings. The Morgan fingerprint density at radius 3 is 3.04 bits per heavy atom. The Balaban J connectivity index is 2.18. The fourth-order valence-electron chi connectivity index (χ4n) is 3.01. The molecule has 0 radical (unpaired) electrons. The van der Waals surface area contributed by atoms with Gasteiger partial charge in [0.05, 0.1) is 23.9 Å². The lowest BCUT2D eigenvalue weighted by atomic mass is 9.93. The maximum absolute atomic E-state index is 14.6. The number of amidine groups is 1. The summed E-state index contributed by atoms with van der Waals surface area (Å²) in [5, 5.41) is 1.10. The van der Waals surface area contributed by atoms with Crippen LogP contribution in [0.15, 0.2) is 34.5 Å². The number of allylic oxidation sites excluding steroid dienone is 1. The summed E-state index contributed by atoms with van der Waals surface area (Å²) < 4.78 is 19.8. The van der Waals surface area contributed by atoms with Gasteiger partial charge in [0.15, 0.2) is 5.17 Å². The SMILES string of the molecule is CCOC(=O)C1=C(C)N=C2SCCCN2[C@H]1c1c(F)cccc1Cl. The second-order valence-electron chi connectivity index (χ2n) is 5.55. The number of ether oxygens (including phenoxy) is 1. The van der Waals surface area contributed by atoms with Gasteiger partial charge in [0.1, 0.15) is 5.82 Å². The maximum Gasteiger partial charge on any atom is 0.338 e. The monoisotopic (exact) mass is 368 g/mol. The van der Waals surface area contributed by atoms with Gasteiger partial charge in [-0.3, -0.25) is 0 Å². The quantitative estimate of drug-likeness (QED) is 0.751. The molecule has 1 aromatic carbocycles. The molecule has 128 valence electrons. The van der Waals surface area contributed by atoms with E-state index in [1.54, 1.807) is 37.7 Å². The summed E-state index contributed by atoms with van der Waals surface area (Å²) in [5.41, 5.74) is 1.21. The summed E-state index contributed by atoms with van der Waals surface area (Å²) >= 11 is 7.91. The number of thioether (sulfide) groups is 1. The third kappa shape index (κ3) is 3.05. The van der Waals surface area contributed by atoms with Crippen molar-refractivity contribution < 1.29 is 13.9 Å². The lowest BCUT2D eigenvalue weighted by molar-refractivity contribution is -0.139. The third-order valence-electron chi connectivity index (χ3n) is 4.03. The van der Waals surface area contributed by atoms with E-state index in [2.05, 4.69) is 4.99 Å². The molecule has 2 heterocycles. The molecule has 7 heteroatoms. The summed E-state index contributed by atoms with van der Waals surface area (Å²) in [6.07, 6.45) is 0.932. The standard InChI is InChI=1S/C17H18ClFN2O2S/c1-3-23-16(22)13-10(2)20-17-21(8-5-9-24-17)15(13)14-11(18)6-4-7-12(14)19/h4,6-7,15H,3,5,8-9H2,1-2H3/t15-/m1/s1. The highest BCUT2D eigenvalue weighted by molar-refractivity contribution is 8.13. The number of benzene rings is 1. The van der Waals surface area contributed by atoms with Gasteiger partial charge in [-0.25, -0.2) is 14.2 Å². The minimum Gasteiger partial charge on any atom is -0.463 e. The molecule has 0 amide bonds. The fraction of sp³-hybridized carbons (Fsp3) is 0.412. The Morgan fingerprint density at radius 1 is 1.54 bits per heavy atom. The lowest BCUT2D eigenvalue weighted by Crippen LogP contribution is -2.42. The van der Waals surface area contributed by atoms with E-state index in [0.717, 1.165) is 17.3 Å². The van der Waals surface area contributed by atoms with Crippen molar-refractivity contribution in [3.8, 4) is 0 Å². The van der Waals surface area contributed by atoms with Crippen molar-refractivity contribution in [1.82, 2.24) is 4.90 Å². The second kappa shape index (κ2) is 7.15. The molecule has 1 fully saturated rings. The average Bonchev–Trinajstić information content (AvgIpc) is 2.54. The number of fused-ring (bicyclic) bond motifs is 1. The van der Waals surface area contributed by atoms with Gasteiger partial charge >= 0.3 is 5.97 Å². The van der Waals surface area contributed by atoms with Crippen LogP contribution in [-0.2, 0) is 9.53 Å². The van der Waals surface area contributed by atoms with E-state index in [1.165, 1.54) is 6.07 Å². The Hall–Kier alpha value is -1.53. The van der Waals surface area contributed by atoms with E-state index in [1.807, 2.05) is 4.90 Å². The Labute approximate surface area is 149 Å². The molecule has 2 aliphatic heterocycles. The molecule has 3 rings (SSSR count). The summed E-state index contributed by atoms with van der Waals surface area (Å²) in [4.78, 5) is 19.0. The molecule has 1 atom stereocenters. The van der Waals surface area contributed by atoms with Gasteiger partial charge in [0.25, 0.3) is 0 Å². The minimum atomic E-state index is -0.613. The number of hydrogen-bond donors (Lipinski definition) is 0. The topological polar surface area (TPSA) is 41.9 Å². The van der Waals surface area contributed by atoms with Crippen molar-refractivity contribution in [3.05, 3.63) is 45.9 Å². The highest BCUT2D eigenvalue weighted by atomic mass is 35.5. The molecule has 0 aromatic heterocycles. The molecular formula is C17H18ClFN2O2S. The molecule has 0 spiro atoms. The Kier molecular flexibility index (Phi) is 5.15. The van der Waals surface area contributed by atoms with Crippen molar-refractivity contribution in [2.45, 2.75) is 26.3 Å². The van der Waals surface area contributed by atoms with Gasteiger partial charge < -0.3 is 9.64 Å². The number of esters is 1. The van der Waals surface area contributed by atoms with Crippen LogP contribution < -0.4 is 0 Å². The zero-order valence-electron chi connectivity index (χ0n) is 13.5.